The Labute approximate surface area is 138 Å². The van der Waals surface area contributed by atoms with E-state index in [0.29, 0.717) is 18.1 Å². The van der Waals surface area contributed by atoms with Gasteiger partial charge in [0.25, 0.3) is 5.91 Å². The number of carbonyl (C=O) groups excluding carboxylic acids is 1. The van der Waals surface area contributed by atoms with E-state index in [1.54, 1.807) is 24.3 Å². The summed E-state index contributed by atoms with van der Waals surface area (Å²) in [5, 5.41) is 20.9. The lowest BCUT2D eigenvalue weighted by Crippen LogP contribution is -2.20. The van der Waals surface area contributed by atoms with Crippen molar-refractivity contribution in [3.05, 3.63) is 48.0 Å². The lowest BCUT2D eigenvalue weighted by molar-refractivity contribution is -0.118. The first-order valence-electron chi connectivity index (χ1n) is 7.21. The Kier molecular flexibility index (Phi) is 5.62. The molecule has 0 heterocycles. The minimum absolute atomic E-state index is 0.239. The maximum atomic E-state index is 11.9. The summed E-state index contributed by atoms with van der Waals surface area (Å²) < 4.78 is 10.6. The fourth-order valence-electron chi connectivity index (χ4n) is 1.93. The molecule has 0 radical (unpaired) electrons. The number of phenols is 1. The average molecular weight is 331 g/mol. The van der Waals surface area contributed by atoms with E-state index in [4.69, 9.17) is 14.6 Å². The second kappa shape index (κ2) is 7.87. The Bertz CT molecular complexity index is 726. The first-order chi connectivity index (χ1) is 11.5. The number of rotatable bonds is 7. The summed E-state index contributed by atoms with van der Waals surface area (Å²) in [7, 11) is 0. The zero-order valence-electron chi connectivity index (χ0n) is 13.0. The molecule has 2 rings (SSSR count). The van der Waals surface area contributed by atoms with Gasteiger partial charge in [0.05, 0.1) is 6.61 Å². The van der Waals surface area contributed by atoms with Crippen LogP contribution in [0, 0.1) is 0 Å². The van der Waals surface area contributed by atoms with Gasteiger partial charge in [-0.15, -0.1) is 0 Å². The van der Waals surface area contributed by atoms with Crippen LogP contribution < -0.4 is 14.8 Å². The minimum atomic E-state index is -1.28. The molecule has 0 aliphatic carbocycles. The number of anilines is 1. The predicted molar refractivity (Wildman–Crippen MR) is 86.8 cm³/mol. The number of aromatic hydroxyl groups is 1. The summed E-state index contributed by atoms with van der Waals surface area (Å²) in [5.41, 5.74) is -0.0364. The topological polar surface area (TPSA) is 105 Å². The molecule has 0 fully saturated rings. The van der Waals surface area contributed by atoms with Crippen LogP contribution in [0.3, 0.4) is 0 Å². The van der Waals surface area contributed by atoms with E-state index in [1.807, 2.05) is 6.92 Å². The maximum absolute atomic E-state index is 11.9. The smallest absolute Gasteiger partial charge is 0.339 e. The van der Waals surface area contributed by atoms with E-state index in [9.17, 15) is 14.7 Å². The quantitative estimate of drug-likeness (QED) is 0.673. The van der Waals surface area contributed by atoms with E-state index >= 15 is 0 Å². The van der Waals surface area contributed by atoms with Crippen LogP contribution in [0.15, 0.2) is 42.5 Å². The summed E-state index contributed by atoms with van der Waals surface area (Å²) in [6.07, 6.45) is 0. The summed E-state index contributed by atoms with van der Waals surface area (Å²) in [6, 6.07) is 10.6. The monoisotopic (exact) mass is 331 g/mol. The number of amides is 1. The number of carboxylic acid groups (broad SMARTS) is 1. The highest BCUT2D eigenvalue weighted by Crippen LogP contribution is 2.21. The van der Waals surface area contributed by atoms with Crippen molar-refractivity contribution < 1.29 is 29.3 Å². The van der Waals surface area contributed by atoms with Gasteiger partial charge >= 0.3 is 5.97 Å². The van der Waals surface area contributed by atoms with Gasteiger partial charge in [-0.3, -0.25) is 4.79 Å². The van der Waals surface area contributed by atoms with Gasteiger partial charge in [0.2, 0.25) is 0 Å². The van der Waals surface area contributed by atoms with Crippen molar-refractivity contribution in [2.24, 2.45) is 0 Å². The molecule has 0 saturated heterocycles. The van der Waals surface area contributed by atoms with Crippen molar-refractivity contribution in [2.75, 3.05) is 18.5 Å². The molecule has 0 aromatic heterocycles. The number of hydrogen-bond acceptors (Lipinski definition) is 5. The number of nitrogens with one attached hydrogen (secondary N) is 1. The van der Waals surface area contributed by atoms with Crippen LogP contribution in [0.2, 0.25) is 0 Å². The molecule has 0 aliphatic rings. The van der Waals surface area contributed by atoms with Crippen molar-refractivity contribution in [3.63, 3.8) is 0 Å². The predicted octanol–water partition coefficient (Wildman–Crippen LogP) is 2.51. The van der Waals surface area contributed by atoms with Gasteiger partial charge in [-0.2, -0.15) is 0 Å². The number of carboxylic acids is 1. The van der Waals surface area contributed by atoms with Crippen LogP contribution in [-0.4, -0.2) is 35.3 Å². The zero-order valence-corrected chi connectivity index (χ0v) is 13.0. The third kappa shape index (κ3) is 4.64. The second-order valence-corrected chi connectivity index (χ2v) is 4.78. The first-order valence-corrected chi connectivity index (χ1v) is 7.21. The Balaban J connectivity index is 1.91. The van der Waals surface area contributed by atoms with Crippen molar-refractivity contribution in [1.82, 2.24) is 0 Å². The molecule has 7 nitrogen and oxygen atoms in total. The highest BCUT2D eigenvalue weighted by atomic mass is 16.5. The normalized spacial score (nSPS) is 10.0. The Morgan fingerprint density at radius 1 is 1.04 bits per heavy atom. The summed E-state index contributed by atoms with van der Waals surface area (Å²) in [4.78, 5) is 22.8. The van der Waals surface area contributed by atoms with Crippen molar-refractivity contribution in [3.8, 4) is 17.2 Å². The fraction of sp³-hybridized carbons (Fsp3) is 0.176. The zero-order chi connectivity index (χ0) is 17.5. The summed E-state index contributed by atoms with van der Waals surface area (Å²) in [5.74, 6) is -0.892. The fourth-order valence-corrected chi connectivity index (χ4v) is 1.93. The molecule has 126 valence electrons. The summed E-state index contributed by atoms with van der Waals surface area (Å²) in [6.45, 7) is 2.21. The van der Waals surface area contributed by atoms with Crippen molar-refractivity contribution >= 4 is 17.6 Å². The third-order valence-electron chi connectivity index (χ3n) is 3.02. The van der Waals surface area contributed by atoms with Gasteiger partial charge < -0.3 is 25.0 Å². The second-order valence-electron chi connectivity index (χ2n) is 4.78. The van der Waals surface area contributed by atoms with Crippen LogP contribution in [0.4, 0.5) is 5.69 Å². The Morgan fingerprint density at radius 2 is 1.67 bits per heavy atom. The molecule has 0 spiro atoms. The van der Waals surface area contributed by atoms with E-state index in [1.165, 1.54) is 18.2 Å². The molecular formula is C17H17NO6. The highest BCUT2D eigenvalue weighted by Gasteiger charge is 2.11. The van der Waals surface area contributed by atoms with Gasteiger partial charge in [-0.1, -0.05) is 0 Å². The van der Waals surface area contributed by atoms with E-state index in [2.05, 4.69) is 5.32 Å². The van der Waals surface area contributed by atoms with Gasteiger partial charge in [0.1, 0.15) is 22.8 Å². The maximum Gasteiger partial charge on any atom is 0.339 e. The molecule has 2 aromatic carbocycles. The highest BCUT2D eigenvalue weighted by molar-refractivity contribution is 5.96. The summed E-state index contributed by atoms with van der Waals surface area (Å²) >= 11 is 0. The SMILES string of the molecule is CCOc1ccc(OCC(=O)Nc2ccc(O)c(C(=O)O)c2)cc1. The largest absolute Gasteiger partial charge is 0.507 e. The minimum Gasteiger partial charge on any atom is -0.507 e. The van der Waals surface area contributed by atoms with Crippen molar-refractivity contribution in [2.45, 2.75) is 6.92 Å². The van der Waals surface area contributed by atoms with Gasteiger partial charge in [-0.25, -0.2) is 4.79 Å². The number of aromatic carboxylic acids is 1. The Morgan fingerprint density at radius 3 is 2.25 bits per heavy atom. The van der Waals surface area contributed by atoms with Gasteiger partial charge in [0.15, 0.2) is 6.61 Å². The van der Waals surface area contributed by atoms with Gasteiger partial charge in [0, 0.05) is 5.69 Å². The lowest BCUT2D eigenvalue weighted by atomic mass is 10.2. The molecule has 2 aromatic rings. The third-order valence-corrected chi connectivity index (χ3v) is 3.02. The molecule has 7 heteroatoms. The molecule has 24 heavy (non-hydrogen) atoms. The van der Waals surface area contributed by atoms with Crippen LogP contribution >= 0.6 is 0 Å². The molecule has 0 unspecified atom stereocenters. The van der Waals surface area contributed by atoms with E-state index < -0.39 is 11.9 Å². The van der Waals surface area contributed by atoms with Crippen molar-refractivity contribution in [1.29, 1.82) is 0 Å². The van der Waals surface area contributed by atoms with Gasteiger partial charge in [-0.05, 0) is 49.4 Å². The number of hydrogen-bond donors (Lipinski definition) is 3. The molecular weight excluding hydrogens is 314 g/mol. The first kappa shape index (κ1) is 17.1. The Hall–Kier alpha value is -3.22. The lowest BCUT2D eigenvalue weighted by Gasteiger charge is -2.09. The van der Waals surface area contributed by atoms with Crippen LogP contribution in [-0.2, 0) is 4.79 Å². The van der Waals surface area contributed by atoms with Crippen LogP contribution in [0.25, 0.3) is 0 Å². The van der Waals surface area contributed by atoms with Crippen LogP contribution in [0.5, 0.6) is 17.2 Å². The number of benzene rings is 2. The number of ether oxygens (including phenoxy) is 2. The molecule has 0 saturated carbocycles. The molecule has 1 amide bonds. The number of carbonyl (C=O) groups is 2. The average Bonchev–Trinajstić information content (AvgIpc) is 2.56. The van der Waals surface area contributed by atoms with E-state index in [0.717, 1.165) is 0 Å². The molecule has 0 aliphatic heterocycles. The molecule has 3 N–H and O–H groups in total. The molecule has 0 atom stereocenters. The van der Waals surface area contributed by atoms with E-state index in [-0.39, 0.29) is 23.6 Å². The van der Waals surface area contributed by atoms with Crippen LogP contribution in [0.1, 0.15) is 17.3 Å². The standard InChI is InChI=1S/C17H17NO6/c1-2-23-12-4-6-13(7-5-12)24-10-16(20)18-11-3-8-15(19)14(9-11)17(21)22/h3-9,19H,2,10H2,1H3,(H,18,20)(H,21,22). The molecule has 0 bridgehead atoms.